The highest BCUT2D eigenvalue weighted by molar-refractivity contribution is 5.98. The van der Waals surface area contributed by atoms with Gasteiger partial charge in [-0.05, 0) is 44.7 Å². The third-order valence-electron chi connectivity index (χ3n) is 3.99. The number of hydrogen-bond acceptors (Lipinski definition) is 3. The molecule has 1 heterocycles. The van der Waals surface area contributed by atoms with Gasteiger partial charge in [0.25, 0.3) is 0 Å². The summed E-state index contributed by atoms with van der Waals surface area (Å²) in [4.78, 5) is 16.0. The molecule has 1 aliphatic carbocycles. The zero-order valence-corrected chi connectivity index (χ0v) is 11.7. The number of carbonyl (C=O) groups is 1. The van der Waals surface area contributed by atoms with Crippen LogP contribution in [0.3, 0.4) is 0 Å². The summed E-state index contributed by atoms with van der Waals surface area (Å²) >= 11 is 0. The molecule has 20 heavy (non-hydrogen) atoms. The quantitative estimate of drug-likeness (QED) is 0.892. The van der Waals surface area contributed by atoms with Gasteiger partial charge < -0.3 is 10.4 Å². The summed E-state index contributed by atoms with van der Waals surface area (Å²) in [6, 6.07) is 9.26. The van der Waals surface area contributed by atoms with Gasteiger partial charge in [0, 0.05) is 10.9 Å². The molecule has 2 aromatic rings. The maximum Gasteiger partial charge on any atom is 0.339 e. The highest BCUT2D eigenvalue weighted by Crippen LogP contribution is 2.41. The van der Waals surface area contributed by atoms with E-state index in [4.69, 9.17) is 0 Å². The van der Waals surface area contributed by atoms with E-state index >= 15 is 0 Å². The number of aromatic carboxylic acids is 1. The van der Waals surface area contributed by atoms with Gasteiger partial charge in [-0.1, -0.05) is 18.2 Å². The zero-order valence-electron chi connectivity index (χ0n) is 11.7. The van der Waals surface area contributed by atoms with Crippen molar-refractivity contribution in [3.05, 3.63) is 35.9 Å². The lowest BCUT2D eigenvalue weighted by atomic mass is 9.98. The largest absolute Gasteiger partial charge is 0.478 e. The molecule has 0 spiro atoms. The van der Waals surface area contributed by atoms with Crippen LogP contribution in [0.2, 0.25) is 0 Å². The number of nitrogens with one attached hydrogen (secondary N) is 1. The summed E-state index contributed by atoms with van der Waals surface area (Å²) in [7, 11) is 0. The molecule has 1 aromatic heterocycles. The number of benzene rings is 1. The van der Waals surface area contributed by atoms with Crippen LogP contribution in [-0.2, 0) is 0 Å². The Balaban J connectivity index is 2.07. The Morgan fingerprint density at radius 1 is 1.35 bits per heavy atom. The lowest BCUT2D eigenvalue weighted by molar-refractivity contribution is 0.0697. The second-order valence-corrected chi connectivity index (χ2v) is 6.00. The summed E-state index contributed by atoms with van der Waals surface area (Å²) in [5.41, 5.74) is 0.920. The Labute approximate surface area is 117 Å². The topological polar surface area (TPSA) is 62.2 Å². The molecule has 2 N–H and O–H groups in total. The van der Waals surface area contributed by atoms with Crippen LogP contribution in [-0.4, -0.2) is 21.6 Å². The normalized spacial score (nSPS) is 15.3. The van der Waals surface area contributed by atoms with Crippen molar-refractivity contribution >= 4 is 22.7 Å². The molecule has 1 aromatic carbocycles. The predicted molar refractivity (Wildman–Crippen MR) is 79.1 cm³/mol. The Morgan fingerprint density at radius 2 is 2.05 bits per heavy atom. The number of nitrogens with zero attached hydrogens (tertiary/aromatic N) is 1. The van der Waals surface area contributed by atoms with Gasteiger partial charge >= 0.3 is 5.97 Å². The van der Waals surface area contributed by atoms with Crippen molar-refractivity contribution in [1.29, 1.82) is 0 Å². The fourth-order valence-corrected chi connectivity index (χ4v) is 2.59. The van der Waals surface area contributed by atoms with E-state index in [9.17, 15) is 9.90 Å². The van der Waals surface area contributed by atoms with Gasteiger partial charge in [0.15, 0.2) is 0 Å². The fourth-order valence-electron chi connectivity index (χ4n) is 2.59. The number of aromatic nitrogens is 1. The molecule has 3 rings (SSSR count). The number of rotatable bonds is 4. The molecular formula is C16H18N2O2. The monoisotopic (exact) mass is 270 g/mol. The molecule has 4 nitrogen and oxygen atoms in total. The minimum absolute atomic E-state index is 0.125. The number of para-hydroxylation sites is 1. The molecule has 4 heteroatoms. The smallest absolute Gasteiger partial charge is 0.339 e. The molecule has 0 saturated heterocycles. The van der Waals surface area contributed by atoms with Gasteiger partial charge in [-0.25, -0.2) is 9.78 Å². The lowest BCUT2D eigenvalue weighted by Gasteiger charge is -2.27. The number of carboxylic acids is 1. The van der Waals surface area contributed by atoms with Crippen molar-refractivity contribution in [3.8, 4) is 0 Å². The maximum absolute atomic E-state index is 11.5. The first kappa shape index (κ1) is 12.9. The third kappa shape index (κ3) is 2.33. The van der Waals surface area contributed by atoms with Crippen LogP contribution in [0.25, 0.3) is 10.9 Å². The Hall–Kier alpha value is -2.10. The second kappa shape index (κ2) is 4.47. The molecule has 1 fully saturated rings. The highest BCUT2D eigenvalue weighted by atomic mass is 16.4. The molecular weight excluding hydrogens is 252 g/mol. The van der Waals surface area contributed by atoms with E-state index in [-0.39, 0.29) is 11.1 Å². The molecule has 0 bridgehead atoms. The number of pyridine rings is 1. The predicted octanol–water partition coefficient (Wildman–Crippen LogP) is 3.53. The van der Waals surface area contributed by atoms with Gasteiger partial charge in [-0.3, -0.25) is 0 Å². The van der Waals surface area contributed by atoms with E-state index < -0.39 is 5.97 Å². The van der Waals surface area contributed by atoms with Crippen molar-refractivity contribution in [2.24, 2.45) is 5.92 Å². The number of carboxylic acid groups (broad SMARTS) is 1. The first-order valence-corrected chi connectivity index (χ1v) is 6.88. The van der Waals surface area contributed by atoms with Gasteiger partial charge in [-0.15, -0.1) is 0 Å². The minimum Gasteiger partial charge on any atom is -0.478 e. The Kier molecular flexibility index (Phi) is 2.89. The molecule has 0 amide bonds. The molecule has 0 radical (unpaired) electrons. The molecule has 0 aliphatic heterocycles. The molecule has 0 atom stereocenters. The average Bonchev–Trinajstić information content (AvgIpc) is 3.21. The third-order valence-corrected chi connectivity index (χ3v) is 3.99. The molecule has 0 unspecified atom stereocenters. The van der Waals surface area contributed by atoms with Crippen molar-refractivity contribution in [2.45, 2.75) is 32.2 Å². The Bertz CT molecular complexity index is 675. The average molecular weight is 270 g/mol. The van der Waals surface area contributed by atoms with Gasteiger partial charge in [0.2, 0.25) is 0 Å². The minimum atomic E-state index is -0.947. The fraction of sp³-hybridized carbons (Fsp3) is 0.375. The lowest BCUT2D eigenvalue weighted by Crippen LogP contribution is -2.34. The maximum atomic E-state index is 11.5. The van der Waals surface area contributed by atoms with Crippen LogP contribution < -0.4 is 5.32 Å². The first-order chi connectivity index (χ1) is 9.47. The summed E-state index contributed by atoms with van der Waals surface area (Å²) < 4.78 is 0. The number of hydrogen-bond donors (Lipinski definition) is 2. The molecule has 1 saturated carbocycles. The number of anilines is 1. The van der Waals surface area contributed by atoms with E-state index in [1.54, 1.807) is 6.07 Å². The highest BCUT2D eigenvalue weighted by Gasteiger charge is 2.38. The van der Waals surface area contributed by atoms with Crippen LogP contribution in [0.15, 0.2) is 30.3 Å². The van der Waals surface area contributed by atoms with E-state index in [0.29, 0.717) is 11.7 Å². The van der Waals surface area contributed by atoms with Crippen molar-refractivity contribution in [1.82, 2.24) is 4.98 Å². The van der Waals surface area contributed by atoms with Crippen LogP contribution in [0.4, 0.5) is 5.82 Å². The molecule has 1 aliphatic rings. The molecule has 104 valence electrons. The summed E-state index contributed by atoms with van der Waals surface area (Å²) in [5.74, 6) is 0.114. The summed E-state index contributed by atoms with van der Waals surface area (Å²) in [6.45, 7) is 4.21. The summed E-state index contributed by atoms with van der Waals surface area (Å²) in [5, 5.41) is 13.6. The van der Waals surface area contributed by atoms with E-state index in [1.165, 1.54) is 12.8 Å². The van der Waals surface area contributed by atoms with E-state index in [2.05, 4.69) is 24.1 Å². The van der Waals surface area contributed by atoms with Crippen molar-refractivity contribution in [2.75, 3.05) is 5.32 Å². The van der Waals surface area contributed by atoms with Gasteiger partial charge in [0.05, 0.1) is 5.52 Å². The second-order valence-electron chi connectivity index (χ2n) is 6.00. The van der Waals surface area contributed by atoms with E-state index in [1.807, 2.05) is 24.3 Å². The van der Waals surface area contributed by atoms with Crippen LogP contribution in [0, 0.1) is 5.92 Å². The standard InChI is InChI=1S/C16H18N2O2/c1-16(2,11-7-8-11)18-14-12(15(19)20)9-10-5-3-4-6-13(10)17-14/h3-6,9,11H,7-8H2,1-2H3,(H,17,18)(H,19,20). The van der Waals surface area contributed by atoms with E-state index in [0.717, 1.165) is 10.9 Å². The van der Waals surface area contributed by atoms with Crippen LogP contribution >= 0.6 is 0 Å². The Morgan fingerprint density at radius 3 is 2.70 bits per heavy atom. The van der Waals surface area contributed by atoms with Crippen LogP contribution in [0.5, 0.6) is 0 Å². The summed E-state index contributed by atoms with van der Waals surface area (Å²) in [6.07, 6.45) is 2.38. The van der Waals surface area contributed by atoms with Crippen molar-refractivity contribution in [3.63, 3.8) is 0 Å². The zero-order chi connectivity index (χ0) is 14.3. The van der Waals surface area contributed by atoms with Crippen LogP contribution in [0.1, 0.15) is 37.0 Å². The van der Waals surface area contributed by atoms with Crippen molar-refractivity contribution < 1.29 is 9.90 Å². The SMILES string of the molecule is CC(C)(Nc1nc2ccccc2cc1C(=O)O)C1CC1. The number of fused-ring (bicyclic) bond motifs is 1. The first-order valence-electron chi connectivity index (χ1n) is 6.88. The van der Waals surface area contributed by atoms with Gasteiger partial charge in [-0.2, -0.15) is 0 Å². The van der Waals surface area contributed by atoms with Gasteiger partial charge in [0.1, 0.15) is 11.4 Å².